The van der Waals surface area contributed by atoms with Gasteiger partial charge >= 0.3 is 5.97 Å². The second-order valence-electron chi connectivity index (χ2n) is 10.5. The third-order valence-electron chi connectivity index (χ3n) is 5.73. The van der Waals surface area contributed by atoms with Crippen LogP contribution in [0.25, 0.3) is 0 Å². The van der Waals surface area contributed by atoms with Crippen LogP contribution >= 0.6 is 7.60 Å². The molecule has 37 heavy (non-hydrogen) atoms. The molecule has 0 fully saturated rings. The number of nitrogens with zero attached hydrogens (tertiary/aromatic N) is 1. The number of ether oxygens (including phenoxy) is 2. The van der Waals surface area contributed by atoms with Crippen molar-refractivity contribution in [2.45, 2.75) is 76.9 Å². The van der Waals surface area contributed by atoms with Crippen LogP contribution in [0.2, 0.25) is 0 Å². The number of allylic oxidation sites excluding steroid dienone is 3. The minimum Gasteiger partial charge on any atom is -0.778 e. The molecule has 2 unspecified atom stereocenters. The maximum atomic E-state index is 12.2. The number of hydrogen-bond donors (Lipinski definition) is 1. The number of unbranched alkanes of at least 4 members (excludes halogenated alkanes) is 3. The molecule has 9 heteroatoms. The predicted octanol–water partition coefficient (Wildman–Crippen LogP) is 4.07. The zero-order valence-electron chi connectivity index (χ0n) is 23.7. The molecule has 0 saturated heterocycles. The molecule has 0 aromatic heterocycles. The molecule has 0 amide bonds. The molecule has 0 aliphatic heterocycles. The summed E-state index contributed by atoms with van der Waals surface area (Å²) in [4.78, 5) is 24.1. The van der Waals surface area contributed by atoms with E-state index in [1.807, 2.05) is 33.3 Å². The number of carbonyl (C=O) groups is 1. The number of carbonyl (C=O) groups excluding carboxylic acids is 1. The van der Waals surface area contributed by atoms with Crippen LogP contribution in [0.4, 0.5) is 0 Å². The molecule has 214 valence electrons. The van der Waals surface area contributed by atoms with Gasteiger partial charge in [0.2, 0.25) is 0 Å². The van der Waals surface area contributed by atoms with Crippen molar-refractivity contribution in [1.29, 1.82) is 0 Å². The quantitative estimate of drug-likeness (QED) is 0.0581. The van der Waals surface area contributed by atoms with Gasteiger partial charge < -0.3 is 33.0 Å². The standard InChI is InChI=1S/C28H50NO7P/c1-7-8-9-15-18-25(2)19-16-13-11-10-12-14-17-20-27(34-6)28(31)35-23-26(30)24-36-37(32,33)22-21-29(3,4)5/h7,10-11,25-27,30H,1,8-9,13,15-24H2,2-6H3/b11-10-/t25?,26-,27+/m1/s1. The highest BCUT2D eigenvalue weighted by Crippen LogP contribution is 2.36. The maximum absolute atomic E-state index is 12.2. The van der Waals surface area contributed by atoms with E-state index in [4.69, 9.17) is 14.0 Å². The fourth-order valence-electron chi connectivity index (χ4n) is 3.32. The van der Waals surface area contributed by atoms with Crippen molar-refractivity contribution in [3.8, 4) is 11.8 Å². The van der Waals surface area contributed by atoms with Gasteiger partial charge in [0.1, 0.15) is 20.3 Å². The zero-order chi connectivity index (χ0) is 28.2. The van der Waals surface area contributed by atoms with Crippen molar-refractivity contribution in [2.24, 2.45) is 5.92 Å². The summed E-state index contributed by atoms with van der Waals surface area (Å²) in [6.07, 6.45) is 12.8. The molecule has 0 saturated carbocycles. The van der Waals surface area contributed by atoms with Crippen LogP contribution in [0.5, 0.6) is 0 Å². The van der Waals surface area contributed by atoms with Gasteiger partial charge in [-0.25, -0.2) is 4.79 Å². The normalized spacial score (nSPS) is 15.9. The SMILES string of the molecule is C=CCCCCC(C)CCC/C=C\C#CCC[C@H](OC)C(=O)OC[C@@H](O)COP(=O)([O-])CC[N+](C)(C)C. The first-order chi connectivity index (χ1) is 17.4. The highest BCUT2D eigenvalue weighted by molar-refractivity contribution is 7.51. The first-order valence-electron chi connectivity index (χ1n) is 13.3. The van der Waals surface area contributed by atoms with Crippen LogP contribution in [0.3, 0.4) is 0 Å². The van der Waals surface area contributed by atoms with Crippen LogP contribution < -0.4 is 4.89 Å². The molecule has 0 aliphatic rings. The van der Waals surface area contributed by atoms with E-state index in [0.29, 0.717) is 23.9 Å². The molecule has 1 N–H and O–H groups in total. The van der Waals surface area contributed by atoms with Gasteiger partial charge in [-0.3, -0.25) is 0 Å². The summed E-state index contributed by atoms with van der Waals surface area (Å²) in [5, 5.41) is 9.93. The fourth-order valence-corrected chi connectivity index (χ4v) is 4.70. The van der Waals surface area contributed by atoms with E-state index in [2.05, 4.69) is 31.4 Å². The molecule has 0 aromatic carbocycles. The molecule has 0 heterocycles. The number of esters is 1. The first-order valence-corrected chi connectivity index (χ1v) is 15.0. The third kappa shape index (κ3) is 22.3. The van der Waals surface area contributed by atoms with Gasteiger partial charge in [-0.1, -0.05) is 50.2 Å². The van der Waals surface area contributed by atoms with Crippen LogP contribution in [0, 0.1) is 17.8 Å². The van der Waals surface area contributed by atoms with Crippen LogP contribution in [0.15, 0.2) is 24.8 Å². The van der Waals surface area contributed by atoms with Crippen LogP contribution in [-0.4, -0.2) is 81.9 Å². The van der Waals surface area contributed by atoms with Gasteiger partial charge in [-0.15, -0.1) is 6.58 Å². The lowest BCUT2D eigenvalue weighted by molar-refractivity contribution is -0.868. The molecule has 0 rings (SSSR count). The van der Waals surface area contributed by atoms with E-state index in [-0.39, 0.29) is 12.8 Å². The fraction of sp³-hybridized carbons (Fsp3) is 0.750. The molecular weight excluding hydrogens is 493 g/mol. The van der Waals surface area contributed by atoms with Crippen molar-refractivity contribution in [3.05, 3.63) is 24.8 Å². The highest BCUT2D eigenvalue weighted by Gasteiger charge is 2.21. The average molecular weight is 544 g/mol. The maximum Gasteiger partial charge on any atom is 0.335 e. The lowest BCUT2D eigenvalue weighted by atomic mass is 9.97. The predicted molar refractivity (Wildman–Crippen MR) is 147 cm³/mol. The second kappa shape index (κ2) is 20.5. The average Bonchev–Trinajstić information content (AvgIpc) is 2.83. The van der Waals surface area contributed by atoms with E-state index >= 15 is 0 Å². The Morgan fingerprint density at radius 3 is 2.49 bits per heavy atom. The van der Waals surface area contributed by atoms with Gasteiger partial charge in [0, 0.05) is 13.5 Å². The van der Waals surface area contributed by atoms with Crippen molar-refractivity contribution >= 4 is 13.6 Å². The number of rotatable bonds is 21. The first kappa shape index (κ1) is 35.5. The van der Waals surface area contributed by atoms with Gasteiger partial charge in [0.05, 0.1) is 40.5 Å². The second-order valence-corrected chi connectivity index (χ2v) is 12.5. The third-order valence-corrected chi connectivity index (χ3v) is 7.02. The number of aliphatic hydroxyl groups excluding tert-OH is 1. The summed E-state index contributed by atoms with van der Waals surface area (Å²) < 4.78 is 27.5. The molecule has 0 aliphatic carbocycles. The Morgan fingerprint density at radius 2 is 1.84 bits per heavy atom. The Hall–Kier alpha value is -1.46. The smallest absolute Gasteiger partial charge is 0.335 e. The van der Waals surface area contributed by atoms with Crippen molar-refractivity contribution in [3.63, 3.8) is 0 Å². The van der Waals surface area contributed by atoms with Gasteiger partial charge in [0.15, 0.2) is 6.10 Å². The minimum absolute atomic E-state index is 0.138. The van der Waals surface area contributed by atoms with Gasteiger partial charge in [-0.05, 0) is 44.1 Å². The topological polar surface area (TPSA) is 105 Å². The van der Waals surface area contributed by atoms with Crippen LogP contribution in [0.1, 0.15) is 64.7 Å². The summed E-state index contributed by atoms with van der Waals surface area (Å²) in [5.41, 5.74) is 0. The van der Waals surface area contributed by atoms with Crippen molar-refractivity contribution in [1.82, 2.24) is 0 Å². The molecule has 8 nitrogen and oxygen atoms in total. The van der Waals surface area contributed by atoms with E-state index < -0.39 is 32.4 Å². The number of aliphatic hydroxyl groups is 1. The Balaban J connectivity index is 4.12. The zero-order valence-corrected chi connectivity index (χ0v) is 24.5. The Kier molecular flexibility index (Phi) is 19.7. The number of methoxy groups -OCH3 is 1. The monoisotopic (exact) mass is 543 g/mol. The Labute approximate surface area is 225 Å². The molecule has 0 radical (unpaired) electrons. The number of hydrogen-bond acceptors (Lipinski definition) is 7. The van der Waals surface area contributed by atoms with Gasteiger partial charge in [-0.2, -0.15) is 0 Å². The minimum atomic E-state index is -4.07. The van der Waals surface area contributed by atoms with E-state index in [1.165, 1.54) is 32.8 Å². The van der Waals surface area contributed by atoms with E-state index in [9.17, 15) is 19.4 Å². The van der Waals surface area contributed by atoms with Crippen LogP contribution in [-0.2, 0) is 23.4 Å². The molecule has 4 atom stereocenters. The number of quaternary nitrogens is 1. The highest BCUT2D eigenvalue weighted by atomic mass is 31.2. The summed E-state index contributed by atoms with van der Waals surface area (Å²) in [7, 11) is 2.96. The van der Waals surface area contributed by atoms with E-state index in [0.717, 1.165) is 25.2 Å². The van der Waals surface area contributed by atoms with Crippen molar-refractivity contribution < 1.29 is 37.8 Å². The van der Waals surface area contributed by atoms with Gasteiger partial charge in [0.25, 0.3) is 0 Å². The lowest BCUT2D eigenvalue weighted by Gasteiger charge is -2.29. The summed E-state index contributed by atoms with van der Waals surface area (Å²) in [5.74, 6) is 6.09. The molecule has 0 bridgehead atoms. The summed E-state index contributed by atoms with van der Waals surface area (Å²) in [6.45, 7) is 5.61. The lowest BCUT2D eigenvalue weighted by Crippen LogP contribution is -2.38. The molecule has 0 spiro atoms. The largest absolute Gasteiger partial charge is 0.778 e. The molecular formula is C28H50NO7P. The summed E-state index contributed by atoms with van der Waals surface area (Å²) in [6, 6.07) is 0. The molecule has 0 aromatic rings. The Morgan fingerprint density at radius 1 is 1.14 bits per heavy atom. The van der Waals surface area contributed by atoms with E-state index in [1.54, 1.807) is 0 Å². The summed E-state index contributed by atoms with van der Waals surface area (Å²) >= 11 is 0. The Bertz CT molecular complexity index is 767. The van der Waals surface area contributed by atoms with Crippen molar-refractivity contribution in [2.75, 3.05) is 54.2 Å².